The molecular weight excluding hydrogens is 318 g/mol. The number of aromatic nitrogens is 1. The van der Waals surface area contributed by atoms with Crippen LogP contribution in [0.25, 0.3) is 10.9 Å². The van der Waals surface area contributed by atoms with Crippen LogP contribution in [0.2, 0.25) is 0 Å². The minimum atomic E-state index is -0.328. The molecule has 1 atom stereocenters. The third kappa shape index (κ3) is 2.39. The van der Waals surface area contributed by atoms with Crippen molar-refractivity contribution >= 4 is 16.9 Å². The maximum Gasteiger partial charge on any atom is 0.312 e. The molecule has 5 heteroatoms. The number of carbonyl (C=O) groups is 1. The predicted molar refractivity (Wildman–Crippen MR) is 94.3 cm³/mol. The fourth-order valence-corrected chi connectivity index (χ4v) is 3.45. The van der Waals surface area contributed by atoms with E-state index < -0.39 is 0 Å². The van der Waals surface area contributed by atoms with Crippen LogP contribution < -0.4 is 15.0 Å². The van der Waals surface area contributed by atoms with Gasteiger partial charge in [-0.3, -0.25) is 9.59 Å². The molecule has 4 rings (SSSR count). The summed E-state index contributed by atoms with van der Waals surface area (Å²) in [6.45, 7) is 0. The van der Waals surface area contributed by atoms with E-state index in [1.54, 1.807) is 18.7 Å². The number of fused-ring (bicyclic) bond motifs is 3. The van der Waals surface area contributed by atoms with Crippen LogP contribution in [-0.4, -0.2) is 17.6 Å². The summed E-state index contributed by atoms with van der Waals surface area (Å²) in [6, 6.07) is 14.9. The van der Waals surface area contributed by atoms with E-state index in [9.17, 15) is 9.59 Å². The topological polar surface area (TPSA) is 57.5 Å². The molecule has 0 radical (unpaired) electrons. The number of rotatable bonds is 2. The molecule has 0 saturated carbocycles. The molecule has 0 saturated heterocycles. The number of hydrogen-bond donors (Lipinski definition) is 0. The van der Waals surface area contributed by atoms with Gasteiger partial charge in [-0.1, -0.05) is 24.3 Å². The fourth-order valence-electron chi connectivity index (χ4n) is 3.45. The quantitative estimate of drug-likeness (QED) is 0.676. The second-order valence-electron chi connectivity index (χ2n) is 6.13. The second kappa shape index (κ2) is 5.77. The van der Waals surface area contributed by atoms with Crippen LogP contribution in [0.1, 0.15) is 23.5 Å². The zero-order valence-corrected chi connectivity index (χ0v) is 14.0. The first kappa shape index (κ1) is 15.4. The monoisotopic (exact) mass is 335 g/mol. The molecular formula is C20H17NO4. The van der Waals surface area contributed by atoms with Gasteiger partial charge in [0.15, 0.2) is 0 Å². The van der Waals surface area contributed by atoms with Gasteiger partial charge in [0.1, 0.15) is 11.5 Å². The summed E-state index contributed by atoms with van der Waals surface area (Å²) in [7, 11) is 3.34. The number of aryl methyl sites for hydroxylation is 1. The summed E-state index contributed by atoms with van der Waals surface area (Å²) < 4.78 is 12.3. The molecule has 5 nitrogen and oxygen atoms in total. The molecule has 0 aliphatic carbocycles. The molecule has 0 bridgehead atoms. The number of methoxy groups -OCH3 is 1. The number of para-hydroxylation sites is 1. The lowest BCUT2D eigenvalue weighted by atomic mass is 9.86. The molecule has 0 N–H and O–H groups in total. The van der Waals surface area contributed by atoms with E-state index in [2.05, 4.69) is 0 Å². The van der Waals surface area contributed by atoms with Gasteiger partial charge in [0.05, 0.1) is 24.6 Å². The molecule has 126 valence electrons. The van der Waals surface area contributed by atoms with Crippen molar-refractivity contribution in [3.8, 4) is 11.5 Å². The summed E-state index contributed by atoms with van der Waals surface area (Å²) in [5, 5.41) is 0.770. The smallest absolute Gasteiger partial charge is 0.312 e. The van der Waals surface area contributed by atoms with Gasteiger partial charge in [0.2, 0.25) is 0 Å². The molecule has 0 amide bonds. The van der Waals surface area contributed by atoms with Crippen molar-refractivity contribution in [2.24, 2.45) is 7.05 Å². The zero-order valence-electron chi connectivity index (χ0n) is 14.0. The lowest BCUT2D eigenvalue weighted by molar-refractivity contribution is -0.135. The summed E-state index contributed by atoms with van der Waals surface area (Å²) in [4.78, 5) is 25.2. The number of pyridine rings is 1. The van der Waals surface area contributed by atoms with E-state index in [0.717, 1.165) is 22.2 Å². The van der Waals surface area contributed by atoms with E-state index in [4.69, 9.17) is 9.47 Å². The molecule has 1 aromatic heterocycles. The summed E-state index contributed by atoms with van der Waals surface area (Å²) in [5.41, 5.74) is 2.04. The van der Waals surface area contributed by atoms with Gasteiger partial charge in [-0.15, -0.1) is 0 Å². The number of carbonyl (C=O) groups excluding carboxylic acids is 1. The highest BCUT2D eigenvalue weighted by Gasteiger charge is 2.33. The van der Waals surface area contributed by atoms with E-state index in [0.29, 0.717) is 11.3 Å². The van der Waals surface area contributed by atoms with E-state index in [-0.39, 0.29) is 23.9 Å². The SMILES string of the molecule is COc1ccc([C@@H]2CC(=O)Oc3c2c(=O)n(C)c2ccccc32)cc1. The average Bonchev–Trinajstić information content (AvgIpc) is 2.65. The van der Waals surface area contributed by atoms with Gasteiger partial charge < -0.3 is 14.0 Å². The van der Waals surface area contributed by atoms with Crippen molar-refractivity contribution in [3.05, 3.63) is 70.0 Å². The van der Waals surface area contributed by atoms with Gasteiger partial charge in [0.25, 0.3) is 5.56 Å². The number of esters is 1. The van der Waals surface area contributed by atoms with Crippen LogP contribution in [-0.2, 0) is 11.8 Å². The maximum atomic E-state index is 13.0. The van der Waals surface area contributed by atoms with Crippen LogP contribution in [0.3, 0.4) is 0 Å². The van der Waals surface area contributed by atoms with Crippen LogP contribution in [0.15, 0.2) is 53.3 Å². The number of hydrogen-bond acceptors (Lipinski definition) is 4. The lowest BCUT2D eigenvalue weighted by Crippen LogP contribution is -2.31. The summed E-state index contributed by atoms with van der Waals surface area (Å²) in [5.74, 6) is 0.460. The van der Waals surface area contributed by atoms with Crippen LogP contribution in [0.4, 0.5) is 0 Å². The standard InChI is InChI=1S/C20H17NO4/c1-21-16-6-4-3-5-14(16)19-18(20(21)23)15(11-17(22)25-19)12-7-9-13(24-2)10-8-12/h3-10,15H,11H2,1-2H3/t15-/m0/s1. The Kier molecular flexibility index (Phi) is 3.57. The first-order chi connectivity index (χ1) is 12.1. The highest BCUT2D eigenvalue weighted by molar-refractivity contribution is 5.91. The molecule has 0 spiro atoms. The number of ether oxygens (including phenoxy) is 2. The highest BCUT2D eigenvalue weighted by atomic mass is 16.5. The Morgan fingerprint density at radius 2 is 1.80 bits per heavy atom. The highest BCUT2D eigenvalue weighted by Crippen LogP contribution is 2.40. The van der Waals surface area contributed by atoms with Gasteiger partial charge >= 0.3 is 5.97 Å². The van der Waals surface area contributed by atoms with Crippen molar-refractivity contribution in [3.63, 3.8) is 0 Å². The van der Waals surface area contributed by atoms with Crippen molar-refractivity contribution in [2.45, 2.75) is 12.3 Å². The predicted octanol–water partition coefficient (Wildman–Crippen LogP) is 2.99. The minimum Gasteiger partial charge on any atom is -0.497 e. The Bertz CT molecular complexity index is 1030. The first-order valence-electron chi connectivity index (χ1n) is 8.06. The zero-order chi connectivity index (χ0) is 17.6. The molecule has 1 aliphatic heterocycles. The van der Waals surface area contributed by atoms with Crippen LogP contribution >= 0.6 is 0 Å². The molecule has 3 aromatic rings. The summed E-state index contributed by atoms with van der Waals surface area (Å²) >= 11 is 0. The van der Waals surface area contributed by atoms with Crippen molar-refractivity contribution in [1.29, 1.82) is 0 Å². The fraction of sp³-hybridized carbons (Fsp3) is 0.200. The van der Waals surface area contributed by atoms with Gasteiger partial charge in [-0.25, -0.2) is 0 Å². The van der Waals surface area contributed by atoms with E-state index >= 15 is 0 Å². The van der Waals surface area contributed by atoms with E-state index in [1.807, 2.05) is 48.5 Å². The third-order valence-corrected chi connectivity index (χ3v) is 4.74. The van der Waals surface area contributed by atoms with Crippen LogP contribution in [0, 0.1) is 0 Å². The first-order valence-corrected chi connectivity index (χ1v) is 8.06. The van der Waals surface area contributed by atoms with E-state index in [1.165, 1.54) is 0 Å². The second-order valence-corrected chi connectivity index (χ2v) is 6.13. The Morgan fingerprint density at radius 3 is 2.52 bits per heavy atom. The van der Waals surface area contributed by atoms with Crippen LogP contribution in [0.5, 0.6) is 11.5 Å². The molecule has 25 heavy (non-hydrogen) atoms. The molecule has 2 heterocycles. The summed E-state index contributed by atoms with van der Waals surface area (Å²) in [6.07, 6.45) is 0.146. The molecule has 0 fully saturated rings. The van der Waals surface area contributed by atoms with Gasteiger partial charge in [-0.2, -0.15) is 0 Å². The maximum absolute atomic E-state index is 13.0. The third-order valence-electron chi connectivity index (χ3n) is 4.74. The van der Waals surface area contributed by atoms with Gasteiger partial charge in [-0.05, 0) is 29.8 Å². The number of nitrogens with zero attached hydrogens (tertiary/aromatic N) is 1. The molecule has 0 unspecified atom stereocenters. The Hall–Kier alpha value is -3.08. The minimum absolute atomic E-state index is 0.137. The molecule has 2 aromatic carbocycles. The Balaban J connectivity index is 1.99. The van der Waals surface area contributed by atoms with Gasteiger partial charge in [0, 0.05) is 18.4 Å². The van der Waals surface area contributed by atoms with Crippen molar-refractivity contribution in [2.75, 3.05) is 7.11 Å². The molecule has 1 aliphatic rings. The normalized spacial score (nSPS) is 16.4. The average molecular weight is 335 g/mol. The van der Waals surface area contributed by atoms with Crippen molar-refractivity contribution < 1.29 is 14.3 Å². The largest absolute Gasteiger partial charge is 0.497 e. The lowest BCUT2D eigenvalue weighted by Gasteiger charge is -2.26. The Labute approximate surface area is 144 Å². The van der Waals surface area contributed by atoms with Crippen molar-refractivity contribution in [1.82, 2.24) is 4.57 Å². The Morgan fingerprint density at radius 1 is 1.08 bits per heavy atom. The number of benzene rings is 2.